The van der Waals surface area contributed by atoms with Gasteiger partial charge >= 0.3 is 0 Å². The smallest absolute Gasteiger partial charge is 0.206 e. The zero-order valence-electron chi connectivity index (χ0n) is 7.55. The monoisotopic (exact) mass is 183 g/mol. The molecule has 0 aliphatic rings. The first-order valence-corrected chi connectivity index (χ1v) is 3.51. The van der Waals surface area contributed by atoms with E-state index in [9.17, 15) is 0 Å². The average Bonchev–Trinajstić information content (AvgIpc) is 2.00. The van der Waals surface area contributed by atoms with Gasteiger partial charge < -0.3 is 5.73 Å². The number of hydrogen-bond donors (Lipinski definition) is 5. The number of nitrogens with zero attached hydrogens (tertiary/aromatic N) is 2. The summed E-state index contributed by atoms with van der Waals surface area (Å²) in [5, 5.41) is 21.1. The van der Waals surface area contributed by atoms with Crippen molar-refractivity contribution in [3.8, 4) is 0 Å². The molecule has 72 valence electrons. The standard InChI is InChI=1S/C6H13N7/c1-4(11-13-6(8)9)3-10-12-5(2)7/h3H,1-2H3,(H2,7,12)(H4,8,9,13)/b10-3-,11-4+. The van der Waals surface area contributed by atoms with E-state index in [2.05, 4.69) is 21.1 Å². The summed E-state index contributed by atoms with van der Waals surface area (Å²) in [6, 6.07) is 0. The lowest BCUT2D eigenvalue weighted by Gasteiger charge is -1.96. The number of hydrazone groups is 2. The quantitative estimate of drug-likeness (QED) is 0.228. The molecule has 0 unspecified atom stereocenters. The van der Waals surface area contributed by atoms with Crippen LogP contribution in [0.25, 0.3) is 0 Å². The SMILES string of the molecule is CC(=N)N/N=C\C(C)=N\NC(=N)N. The zero-order valence-corrected chi connectivity index (χ0v) is 7.55. The Labute approximate surface area is 76.1 Å². The predicted molar refractivity (Wildman–Crippen MR) is 53.2 cm³/mol. The van der Waals surface area contributed by atoms with E-state index in [4.69, 9.17) is 16.6 Å². The van der Waals surface area contributed by atoms with Crippen LogP contribution in [-0.4, -0.2) is 23.7 Å². The first-order chi connectivity index (χ1) is 6.02. The summed E-state index contributed by atoms with van der Waals surface area (Å²) >= 11 is 0. The molecule has 0 atom stereocenters. The largest absolute Gasteiger partial charge is 0.369 e. The third-order valence-corrected chi connectivity index (χ3v) is 0.836. The molecule has 0 radical (unpaired) electrons. The maximum atomic E-state index is 6.97. The van der Waals surface area contributed by atoms with Gasteiger partial charge in [0.2, 0.25) is 5.96 Å². The van der Waals surface area contributed by atoms with Gasteiger partial charge in [-0.1, -0.05) is 0 Å². The highest BCUT2D eigenvalue weighted by molar-refractivity contribution is 6.29. The van der Waals surface area contributed by atoms with Gasteiger partial charge in [-0.05, 0) is 13.8 Å². The number of guanidine groups is 1. The van der Waals surface area contributed by atoms with Gasteiger partial charge in [0, 0.05) is 0 Å². The Kier molecular flexibility index (Phi) is 4.85. The van der Waals surface area contributed by atoms with E-state index in [1.165, 1.54) is 6.21 Å². The third kappa shape index (κ3) is 7.98. The number of nitrogens with two attached hydrogens (primary N) is 1. The minimum Gasteiger partial charge on any atom is -0.369 e. The number of rotatable bonds is 3. The van der Waals surface area contributed by atoms with E-state index in [0.29, 0.717) is 5.71 Å². The van der Waals surface area contributed by atoms with Crippen LogP contribution in [0.2, 0.25) is 0 Å². The topological polar surface area (TPSA) is 122 Å². The highest BCUT2D eigenvalue weighted by Crippen LogP contribution is 1.69. The lowest BCUT2D eigenvalue weighted by molar-refractivity contribution is 0.990. The summed E-state index contributed by atoms with van der Waals surface area (Å²) in [5.74, 6) is 0.00696. The fourth-order valence-electron chi connectivity index (χ4n) is 0.400. The van der Waals surface area contributed by atoms with E-state index >= 15 is 0 Å². The molecule has 0 saturated carbocycles. The molecule has 0 spiro atoms. The van der Waals surface area contributed by atoms with Crippen LogP contribution in [0.3, 0.4) is 0 Å². The molecule has 0 aromatic carbocycles. The third-order valence-electron chi connectivity index (χ3n) is 0.836. The maximum absolute atomic E-state index is 6.97. The second-order valence-corrected chi connectivity index (χ2v) is 2.27. The first-order valence-electron chi connectivity index (χ1n) is 3.51. The van der Waals surface area contributed by atoms with Crippen molar-refractivity contribution in [1.29, 1.82) is 10.8 Å². The summed E-state index contributed by atoms with van der Waals surface area (Å²) in [5.41, 5.74) is 10.2. The molecule has 0 rings (SSSR count). The molecule has 7 nitrogen and oxygen atoms in total. The van der Waals surface area contributed by atoms with E-state index in [1.54, 1.807) is 13.8 Å². The fraction of sp³-hybridized carbons (Fsp3) is 0.333. The first kappa shape index (κ1) is 11.1. The van der Waals surface area contributed by atoms with Gasteiger partial charge in [0.15, 0.2) is 0 Å². The van der Waals surface area contributed by atoms with Crippen LogP contribution in [-0.2, 0) is 0 Å². The maximum Gasteiger partial charge on any atom is 0.206 e. The van der Waals surface area contributed by atoms with Crippen LogP contribution in [0.4, 0.5) is 0 Å². The molecule has 0 aromatic rings. The van der Waals surface area contributed by atoms with Crippen LogP contribution >= 0.6 is 0 Å². The zero-order chi connectivity index (χ0) is 10.3. The van der Waals surface area contributed by atoms with Crippen molar-refractivity contribution >= 4 is 23.7 Å². The molecule has 13 heavy (non-hydrogen) atoms. The van der Waals surface area contributed by atoms with Crippen molar-refractivity contribution < 1.29 is 0 Å². The Hall–Kier alpha value is -1.92. The van der Waals surface area contributed by atoms with Crippen LogP contribution in [0, 0.1) is 10.8 Å². The predicted octanol–water partition coefficient (Wildman–Crippen LogP) is -0.582. The van der Waals surface area contributed by atoms with Crippen LogP contribution in [0.1, 0.15) is 13.8 Å². The van der Waals surface area contributed by atoms with Crippen molar-refractivity contribution in [3.63, 3.8) is 0 Å². The molecule has 0 aromatic heterocycles. The summed E-state index contributed by atoms with van der Waals surface area (Å²) in [4.78, 5) is 0. The second kappa shape index (κ2) is 5.70. The normalized spacial score (nSPS) is 11.4. The Balaban J connectivity index is 3.91. The molecule has 0 fully saturated rings. The van der Waals surface area contributed by atoms with Crippen molar-refractivity contribution in [3.05, 3.63) is 0 Å². The second-order valence-electron chi connectivity index (χ2n) is 2.27. The van der Waals surface area contributed by atoms with Gasteiger partial charge in [-0.25, -0.2) is 5.43 Å². The van der Waals surface area contributed by atoms with Gasteiger partial charge in [0.1, 0.15) is 5.84 Å². The molecule has 0 bridgehead atoms. The fourth-order valence-corrected chi connectivity index (χ4v) is 0.400. The van der Waals surface area contributed by atoms with Crippen molar-refractivity contribution in [1.82, 2.24) is 10.9 Å². The van der Waals surface area contributed by atoms with E-state index < -0.39 is 0 Å². The number of hydrogen-bond acceptors (Lipinski definition) is 4. The molecule has 7 heteroatoms. The molecule has 0 amide bonds. The van der Waals surface area contributed by atoms with Gasteiger partial charge in [0.25, 0.3) is 0 Å². The Morgan fingerprint density at radius 3 is 2.38 bits per heavy atom. The van der Waals surface area contributed by atoms with Crippen LogP contribution in [0.15, 0.2) is 10.2 Å². The van der Waals surface area contributed by atoms with Gasteiger partial charge in [-0.3, -0.25) is 16.2 Å². The summed E-state index contributed by atoms with van der Waals surface area (Å²) in [6.45, 7) is 3.25. The van der Waals surface area contributed by atoms with Crippen molar-refractivity contribution in [2.24, 2.45) is 15.9 Å². The number of amidine groups is 1. The Morgan fingerprint density at radius 1 is 1.31 bits per heavy atom. The van der Waals surface area contributed by atoms with Crippen LogP contribution < -0.4 is 16.6 Å². The Bertz CT molecular complexity index is 252. The van der Waals surface area contributed by atoms with Gasteiger partial charge in [-0.15, -0.1) is 0 Å². The number of nitrogens with one attached hydrogen (secondary N) is 4. The van der Waals surface area contributed by atoms with Crippen molar-refractivity contribution in [2.75, 3.05) is 0 Å². The van der Waals surface area contributed by atoms with E-state index in [1.807, 2.05) is 0 Å². The van der Waals surface area contributed by atoms with Gasteiger partial charge in [0.05, 0.1) is 11.9 Å². The lowest BCUT2D eigenvalue weighted by atomic mass is 10.5. The molecule has 0 aliphatic carbocycles. The summed E-state index contributed by atoms with van der Waals surface area (Å²) in [6.07, 6.45) is 1.41. The summed E-state index contributed by atoms with van der Waals surface area (Å²) < 4.78 is 0. The van der Waals surface area contributed by atoms with Crippen molar-refractivity contribution in [2.45, 2.75) is 13.8 Å². The molecule has 0 saturated heterocycles. The summed E-state index contributed by atoms with van der Waals surface area (Å²) in [7, 11) is 0. The minimum absolute atomic E-state index is 0.232. The average molecular weight is 183 g/mol. The molecular weight excluding hydrogens is 170 g/mol. The minimum atomic E-state index is -0.232. The molecule has 0 aliphatic heterocycles. The molecule has 6 N–H and O–H groups in total. The highest BCUT2D eigenvalue weighted by atomic mass is 15.3. The van der Waals surface area contributed by atoms with Crippen LogP contribution in [0.5, 0.6) is 0 Å². The molecular formula is C6H13N7. The lowest BCUT2D eigenvalue weighted by Crippen LogP contribution is -2.26. The van der Waals surface area contributed by atoms with E-state index in [-0.39, 0.29) is 11.8 Å². The highest BCUT2D eigenvalue weighted by Gasteiger charge is 1.85. The van der Waals surface area contributed by atoms with Gasteiger partial charge in [-0.2, -0.15) is 10.2 Å². The van der Waals surface area contributed by atoms with E-state index in [0.717, 1.165) is 0 Å². The molecule has 0 heterocycles. The Morgan fingerprint density at radius 2 is 1.92 bits per heavy atom.